The largest absolute Gasteiger partial charge is 0.493 e. The van der Waals surface area contributed by atoms with Crippen molar-refractivity contribution in [2.45, 2.75) is 37.5 Å². The monoisotopic (exact) mass is 517 g/mol. The zero-order valence-corrected chi connectivity index (χ0v) is 18.2. The third kappa shape index (κ3) is 4.72. The summed E-state index contributed by atoms with van der Waals surface area (Å²) in [4.78, 5) is 10.9. The number of hydrogen-bond acceptors (Lipinski definition) is 4. The molecule has 11 heteroatoms. The van der Waals surface area contributed by atoms with Crippen molar-refractivity contribution in [1.82, 2.24) is 15.0 Å². The average Bonchev–Trinajstić information content (AvgIpc) is 3.11. The highest BCUT2D eigenvalue weighted by atomic mass is 79.9. The van der Waals surface area contributed by atoms with Gasteiger partial charge in [-0.3, -0.25) is 4.98 Å². The first-order valence-corrected chi connectivity index (χ1v) is 10.3. The lowest BCUT2D eigenvalue weighted by molar-refractivity contribution is -0.141. The van der Waals surface area contributed by atoms with Crippen LogP contribution in [0.1, 0.15) is 35.8 Å². The maximum absolute atomic E-state index is 13.2. The van der Waals surface area contributed by atoms with E-state index in [9.17, 15) is 22.0 Å². The number of H-pyrrole nitrogens is 1. The lowest BCUT2D eigenvalue weighted by atomic mass is 9.81. The van der Waals surface area contributed by atoms with Crippen LogP contribution in [0, 0.1) is 0 Å². The summed E-state index contributed by atoms with van der Waals surface area (Å²) < 4.78 is 75.8. The van der Waals surface area contributed by atoms with Gasteiger partial charge in [0.25, 0.3) is 0 Å². The molecule has 0 spiro atoms. The molecule has 0 amide bonds. The highest BCUT2D eigenvalue weighted by Crippen LogP contribution is 2.48. The molecule has 3 aromatic rings. The minimum absolute atomic E-state index is 0.00696. The van der Waals surface area contributed by atoms with Crippen molar-refractivity contribution >= 4 is 15.9 Å². The molecule has 2 heterocycles. The number of alkyl halides is 5. The summed E-state index contributed by atoms with van der Waals surface area (Å²) in [7, 11) is 1.45. The summed E-state index contributed by atoms with van der Waals surface area (Å²) >= 11 is 3.39. The van der Waals surface area contributed by atoms with Gasteiger partial charge in [-0.1, -0.05) is 6.07 Å². The smallest absolute Gasteiger partial charge is 0.433 e. The van der Waals surface area contributed by atoms with Gasteiger partial charge in [0.1, 0.15) is 28.4 Å². The van der Waals surface area contributed by atoms with Gasteiger partial charge in [0.2, 0.25) is 5.92 Å². The summed E-state index contributed by atoms with van der Waals surface area (Å²) in [5.74, 6) is -1.71. The van der Waals surface area contributed by atoms with Crippen molar-refractivity contribution in [3.05, 3.63) is 58.2 Å². The first kappa shape index (κ1) is 22.5. The first-order chi connectivity index (χ1) is 15.1. The molecule has 1 saturated carbocycles. The Morgan fingerprint density at radius 2 is 1.91 bits per heavy atom. The van der Waals surface area contributed by atoms with E-state index < -0.39 is 17.8 Å². The molecule has 170 valence electrons. The number of aromatic amines is 1. The molecule has 0 saturated heterocycles. The number of hydrogen-bond donors (Lipinski definition) is 1. The molecule has 2 aromatic heterocycles. The van der Waals surface area contributed by atoms with E-state index in [1.165, 1.54) is 13.2 Å². The van der Waals surface area contributed by atoms with E-state index >= 15 is 0 Å². The van der Waals surface area contributed by atoms with Crippen LogP contribution in [0.15, 0.2) is 41.1 Å². The van der Waals surface area contributed by atoms with Crippen LogP contribution in [-0.2, 0) is 12.8 Å². The maximum Gasteiger partial charge on any atom is 0.433 e. The molecule has 4 rings (SSSR count). The second kappa shape index (κ2) is 8.34. The van der Waals surface area contributed by atoms with Gasteiger partial charge in [-0.15, -0.1) is 0 Å². The Bertz CT molecular complexity index is 1110. The van der Waals surface area contributed by atoms with Crippen molar-refractivity contribution in [1.29, 1.82) is 0 Å². The lowest BCUT2D eigenvalue weighted by Crippen LogP contribution is -2.34. The number of aromatic nitrogens is 3. The van der Waals surface area contributed by atoms with Crippen LogP contribution in [0.2, 0.25) is 0 Å². The van der Waals surface area contributed by atoms with E-state index in [0.29, 0.717) is 38.7 Å². The molecule has 1 aromatic carbocycles. The van der Waals surface area contributed by atoms with Gasteiger partial charge in [-0.05, 0) is 40.2 Å². The number of halogens is 6. The molecule has 5 nitrogen and oxygen atoms in total. The highest BCUT2D eigenvalue weighted by molar-refractivity contribution is 9.10. The van der Waals surface area contributed by atoms with Gasteiger partial charge in [-0.2, -0.15) is 13.2 Å². The molecule has 1 fully saturated rings. The van der Waals surface area contributed by atoms with Crippen LogP contribution in [0.3, 0.4) is 0 Å². The SMILES string of the molecule is COc1cc(-c2nc(C3CC(F)(F)C3)[nH]c2Br)ccc1OCc1ccc(C(F)(F)F)nc1. The van der Waals surface area contributed by atoms with E-state index in [2.05, 4.69) is 30.9 Å². The fourth-order valence-corrected chi connectivity index (χ4v) is 3.90. The van der Waals surface area contributed by atoms with E-state index in [4.69, 9.17) is 9.47 Å². The molecule has 0 atom stereocenters. The minimum Gasteiger partial charge on any atom is -0.493 e. The first-order valence-electron chi connectivity index (χ1n) is 9.52. The van der Waals surface area contributed by atoms with Crippen LogP contribution < -0.4 is 9.47 Å². The predicted octanol–water partition coefficient (Wildman–Crippen LogP) is 6.35. The Hall–Kier alpha value is -2.69. The van der Waals surface area contributed by atoms with Crippen LogP contribution in [-0.4, -0.2) is 28.0 Å². The number of nitrogens with zero attached hydrogens (tertiary/aromatic N) is 2. The normalized spacial score (nSPS) is 16.0. The summed E-state index contributed by atoms with van der Waals surface area (Å²) in [5.41, 5.74) is 0.705. The second-order valence-corrected chi connectivity index (χ2v) is 8.24. The number of benzene rings is 1. The van der Waals surface area contributed by atoms with E-state index in [1.54, 1.807) is 18.2 Å². The number of rotatable bonds is 6. The van der Waals surface area contributed by atoms with Crippen LogP contribution in [0.4, 0.5) is 22.0 Å². The number of methoxy groups -OCH3 is 1. The predicted molar refractivity (Wildman–Crippen MR) is 109 cm³/mol. The number of ether oxygens (including phenoxy) is 2. The fraction of sp³-hybridized carbons (Fsp3) is 0.333. The zero-order valence-electron chi connectivity index (χ0n) is 16.6. The molecule has 1 aliphatic carbocycles. The fourth-order valence-electron chi connectivity index (χ4n) is 3.38. The molecule has 0 bridgehead atoms. The number of imidazole rings is 1. The van der Waals surface area contributed by atoms with E-state index in [0.717, 1.165) is 12.3 Å². The molecular formula is C21H17BrF5N3O2. The van der Waals surface area contributed by atoms with Crippen molar-refractivity contribution in [2.24, 2.45) is 0 Å². The summed E-state index contributed by atoms with van der Waals surface area (Å²) in [5, 5.41) is 0. The number of nitrogens with one attached hydrogen (secondary N) is 1. The quantitative estimate of drug-likeness (QED) is 0.387. The molecular weight excluding hydrogens is 501 g/mol. The minimum atomic E-state index is -4.50. The van der Waals surface area contributed by atoms with Gasteiger partial charge >= 0.3 is 6.18 Å². The standard InChI is InChI=1S/C21H17BrF5N3O2/c1-31-15-6-12(17-18(22)30-19(29-17)13-7-20(23,24)8-13)3-4-14(15)32-10-11-2-5-16(28-9-11)21(25,26)27/h2-6,9,13H,7-8,10H2,1H3,(H,29,30). The molecule has 32 heavy (non-hydrogen) atoms. The molecule has 0 radical (unpaired) electrons. The van der Waals surface area contributed by atoms with Crippen molar-refractivity contribution in [2.75, 3.05) is 7.11 Å². The Morgan fingerprint density at radius 1 is 1.16 bits per heavy atom. The molecule has 1 aliphatic rings. The third-order valence-corrected chi connectivity index (χ3v) is 5.68. The Labute approximate surface area is 188 Å². The van der Waals surface area contributed by atoms with Gasteiger partial charge < -0.3 is 14.5 Å². The van der Waals surface area contributed by atoms with Crippen LogP contribution in [0.5, 0.6) is 11.5 Å². The van der Waals surface area contributed by atoms with Crippen molar-refractivity contribution in [3.63, 3.8) is 0 Å². The second-order valence-electron chi connectivity index (χ2n) is 7.45. The van der Waals surface area contributed by atoms with Crippen molar-refractivity contribution < 1.29 is 31.4 Å². The van der Waals surface area contributed by atoms with Crippen LogP contribution in [0.25, 0.3) is 11.3 Å². The summed E-state index contributed by atoms with van der Waals surface area (Å²) in [6.45, 7) is -0.00696. The molecule has 0 unspecified atom stereocenters. The Balaban J connectivity index is 1.48. The third-order valence-electron chi connectivity index (χ3n) is 5.10. The van der Waals surface area contributed by atoms with Gasteiger partial charge in [0.15, 0.2) is 11.5 Å². The molecule has 0 aliphatic heterocycles. The van der Waals surface area contributed by atoms with Crippen LogP contribution >= 0.6 is 15.9 Å². The Kier molecular flexibility index (Phi) is 5.87. The topological polar surface area (TPSA) is 60.0 Å². The highest BCUT2D eigenvalue weighted by Gasteiger charge is 2.47. The number of pyridine rings is 1. The zero-order chi connectivity index (χ0) is 23.1. The average molecular weight is 518 g/mol. The van der Waals surface area contributed by atoms with Gasteiger partial charge in [-0.25, -0.2) is 13.8 Å². The Morgan fingerprint density at radius 3 is 2.50 bits per heavy atom. The van der Waals surface area contributed by atoms with Gasteiger partial charge in [0, 0.05) is 36.1 Å². The van der Waals surface area contributed by atoms with E-state index in [-0.39, 0.29) is 25.4 Å². The summed E-state index contributed by atoms with van der Waals surface area (Å²) in [6, 6.07) is 7.24. The lowest BCUT2D eigenvalue weighted by Gasteiger charge is -2.33. The van der Waals surface area contributed by atoms with Gasteiger partial charge in [0.05, 0.1) is 7.11 Å². The van der Waals surface area contributed by atoms with E-state index in [1.807, 2.05) is 0 Å². The molecule has 1 N–H and O–H groups in total. The van der Waals surface area contributed by atoms with Crippen molar-refractivity contribution in [3.8, 4) is 22.8 Å². The maximum atomic E-state index is 13.2. The summed E-state index contributed by atoms with van der Waals surface area (Å²) in [6.07, 6.45) is -3.86.